The fraction of sp³-hybridized carbons (Fsp3) is 0.0130. The lowest BCUT2D eigenvalue weighted by molar-refractivity contribution is 0.668. The molecule has 0 N–H and O–H groups in total. The van der Waals surface area contributed by atoms with Gasteiger partial charge < -0.3 is 27.5 Å². The Balaban J connectivity index is 0.829. The molecule has 0 fully saturated rings. The molecule has 6 heteroatoms. The zero-order valence-electron chi connectivity index (χ0n) is 44.4. The first-order chi connectivity index (χ1) is 41.1. The van der Waals surface area contributed by atoms with E-state index in [0.29, 0.717) is 0 Å². The van der Waals surface area contributed by atoms with E-state index in [0.717, 1.165) is 133 Å². The van der Waals surface area contributed by atoms with Gasteiger partial charge in [0, 0.05) is 101 Å². The van der Waals surface area contributed by atoms with Crippen LogP contribution in [-0.2, 0) is 5.41 Å². The van der Waals surface area contributed by atoms with Crippen molar-refractivity contribution in [2.24, 2.45) is 0 Å². The Morgan fingerprint density at radius 2 is 0.530 bits per heavy atom. The summed E-state index contributed by atoms with van der Waals surface area (Å²) in [5.41, 5.74) is 22.0. The van der Waals surface area contributed by atoms with Crippen LogP contribution in [0.4, 0.5) is 34.1 Å². The van der Waals surface area contributed by atoms with Crippen LogP contribution < -0.4 is 9.80 Å². The molecule has 4 aromatic heterocycles. The molecule has 6 nitrogen and oxygen atoms in total. The van der Waals surface area contributed by atoms with E-state index in [9.17, 15) is 0 Å². The van der Waals surface area contributed by atoms with E-state index in [1.807, 2.05) is 48.5 Å². The van der Waals surface area contributed by atoms with Crippen LogP contribution in [0.3, 0.4) is 0 Å². The molecule has 0 saturated carbocycles. The van der Waals surface area contributed by atoms with Gasteiger partial charge in [0.15, 0.2) is 0 Å². The fourth-order valence-electron chi connectivity index (χ4n) is 14.4. The normalized spacial score (nSPS) is 13.2. The second-order valence-electron chi connectivity index (χ2n) is 22.3. The van der Waals surface area contributed by atoms with Crippen molar-refractivity contribution >= 4 is 133 Å². The zero-order valence-corrected chi connectivity index (χ0v) is 44.4. The van der Waals surface area contributed by atoms with Gasteiger partial charge in [0.25, 0.3) is 0 Å². The van der Waals surface area contributed by atoms with Crippen molar-refractivity contribution in [3.8, 4) is 22.3 Å². The van der Waals surface area contributed by atoms with Gasteiger partial charge in [-0.3, -0.25) is 0 Å². The van der Waals surface area contributed by atoms with Crippen molar-refractivity contribution in [3.05, 3.63) is 289 Å². The number of para-hydroxylation sites is 4. The molecule has 83 heavy (non-hydrogen) atoms. The molecule has 2 aliphatic carbocycles. The Bertz CT molecular complexity index is 5360. The third-order valence-corrected chi connectivity index (χ3v) is 18.0. The summed E-state index contributed by atoms with van der Waals surface area (Å²) in [6.07, 6.45) is 0. The Morgan fingerprint density at radius 3 is 0.976 bits per heavy atom. The van der Waals surface area contributed by atoms with Gasteiger partial charge in [-0.2, -0.15) is 0 Å². The van der Waals surface area contributed by atoms with Crippen molar-refractivity contribution in [1.29, 1.82) is 0 Å². The van der Waals surface area contributed by atoms with Crippen molar-refractivity contribution in [2.75, 3.05) is 9.80 Å². The van der Waals surface area contributed by atoms with E-state index in [2.05, 4.69) is 228 Å². The van der Waals surface area contributed by atoms with Crippen molar-refractivity contribution in [1.82, 2.24) is 0 Å². The maximum absolute atomic E-state index is 6.61. The van der Waals surface area contributed by atoms with Crippen LogP contribution in [-0.4, -0.2) is 0 Å². The molecule has 17 aromatic rings. The van der Waals surface area contributed by atoms with Gasteiger partial charge >= 0.3 is 0 Å². The molecule has 0 atom stereocenters. The van der Waals surface area contributed by atoms with Crippen LogP contribution in [0.5, 0.6) is 0 Å². The summed E-state index contributed by atoms with van der Waals surface area (Å²) in [7, 11) is 0. The summed E-state index contributed by atoms with van der Waals surface area (Å²) in [5.74, 6) is 0. The molecule has 2 aliphatic rings. The summed E-state index contributed by atoms with van der Waals surface area (Å²) < 4.78 is 26.3. The molecule has 0 aliphatic heterocycles. The number of anilines is 6. The average molecular weight is 1060 g/mol. The lowest BCUT2D eigenvalue weighted by atomic mass is 9.70. The number of rotatable bonds is 6. The SMILES string of the molecule is c1ccc2c(c1)-c1ccccc1C21c2cc(N(c3ccc4c(c3)oc3ccccc34)c3ccc4c(c3)oc3ccccc34)ccc2-c2cc3ccc(N(c4ccc5c(c4)oc4ccccc45)c4ccc5c(c4)oc4ccccc45)cc3cc21. The molecule has 0 amide bonds. The van der Waals surface area contributed by atoms with Crippen LogP contribution in [0.2, 0.25) is 0 Å². The van der Waals surface area contributed by atoms with E-state index in [4.69, 9.17) is 17.7 Å². The summed E-state index contributed by atoms with van der Waals surface area (Å²) >= 11 is 0. The molecule has 386 valence electrons. The van der Waals surface area contributed by atoms with E-state index < -0.39 is 5.41 Å². The average Bonchev–Trinajstić information content (AvgIpc) is 2.47. The van der Waals surface area contributed by atoms with Gasteiger partial charge in [0.05, 0.1) is 5.41 Å². The largest absolute Gasteiger partial charge is 0.456 e. The zero-order chi connectivity index (χ0) is 54.1. The molecule has 13 aromatic carbocycles. The van der Waals surface area contributed by atoms with E-state index >= 15 is 0 Å². The Labute approximate surface area is 474 Å². The van der Waals surface area contributed by atoms with E-state index in [-0.39, 0.29) is 0 Å². The summed E-state index contributed by atoms with van der Waals surface area (Å²) in [6, 6.07) is 96.5. The summed E-state index contributed by atoms with van der Waals surface area (Å²) in [6.45, 7) is 0. The smallest absolute Gasteiger partial charge is 0.137 e. The second-order valence-corrected chi connectivity index (χ2v) is 22.3. The molecule has 0 bridgehead atoms. The highest BCUT2D eigenvalue weighted by molar-refractivity contribution is 6.11. The van der Waals surface area contributed by atoms with Crippen LogP contribution >= 0.6 is 0 Å². The van der Waals surface area contributed by atoms with Gasteiger partial charge in [-0.25, -0.2) is 0 Å². The van der Waals surface area contributed by atoms with Crippen LogP contribution in [0.25, 0.3) is 121 Å². The number of benzene rings is 13. The second kappa shape index (κ2) is 16.5. The number of fused-ring (bicyclic) bond motifs is 23. The van der Waals surface area contributed by atoms with Gasteiger partial charge in [0.2, 0.25) is 0 Å². The quantitative estimate of drug-likeness (QED) is 0.165. The van der Waals surface area contributed by atoms with Crippen LogP contribution in [0.15, 0.2) is 285 Å². The first kappa shape index (κ1) is 44.7. The molecular formula is C77H44N2O4. The summed E-state index contributed by atoms with van der Waals surface area (Å²) in [5, 5.41) is 11.0. The van der Waals surface area contributed by atoms with Crippen molar-refractivity contribution < 1.29 is 17.7 Å². The number of hydrogen-bond acceptors (Lipinski definition) is 6. The van der Waals surface area contributed by atoms with Gasteiger partial charge in [0.1, 0.15) is 44.7 Å². The van der Waals surface area contributed by atoms with Crippen molar-refractivity contribution in [3.63, 3.8) is 0 Å². The topological polar surface area (TPSA) is 59.0 Å². The first-order valence-corrected chi connectivity index (χ1v) is 28.3. The van der Waals surface area contributed by atoms with Crippen LogP contribution in [0, 0.1) is 0 Å². The third-order valence-electron chi connectivity index (χ3n) is 18.0. The molecule has 0 radical (unpaired) electrons. The number of hydrogen-bond donors (Lipinski definition) is 0. The highest BCUT2D eigenvalue weighted by Crippen LogP contribution is 2.64. The number of furan rings is 4. The predicted molar refractivity (Wildman–Crippen MR) is 339 cm³/mol. The molecule has 4 heterocycles. The molecule has 0 saturated heterocycles. The highest BCUT2D eigenvalue weighted by atomic mass is 16.3. The van der Waals surface area contributed by atoms with E-state index in [1.54, 1.807) is 0 Å². The predicted octanol–water partition coefficient (Wildman–Crippen LogP) is 21.7. The first-order valence-electron chi connectivity index (χ1n) is 28.3. The maximum atomic E-state index is 6.61. The fourth-order valence-corrected chi connectivity index (χ4v) is 14.4. The standard InChI is InChI=1S/C77H44N2O4/c1-7-19-65-53(13-1)54-14-2-8-20-66(54)77(65)67-39-46-37-47(78(49-28-33-60-56-15-3-9-21-69(56)80-73(60)41-49)50-29-34-61-57-16-4-10-22-70(57)81-74(61)42-50)26-25-45(46)38-64(67)55-32-27-48(40-68(55)77)79(51-30-35-62-58-17-5-11-23-71(58)82-75(62)43-51)52-31-36-63-59-18-6-12-24-72(59)83-76(63)44-52/h1-44H. The van der Waals surface area contributed by atoms with Crippen LogP contribution in [0.1, 0.15) is 22.3 Å². The Hall–Kier alpha value is -11.1. The monoisotopic (exact) mass is 1060 g/mol. The molecular weight excluding hydrogens is 1020 g/mol. The minimum atomic E-state index is -0.659. The molecule has 0 unspecified atom stereocenters. The lowest BCUT2D eigenvalue weighted by Crippen LogP contribution is -2.26. The molecule has 19 rings (SSSR count). The third kappa shape index (κ3) is 6.21. The summed E-state index contributed by atoms with van der Waals surface area (Å²) in [4.78, 5) is 4.70. The minimum absolute atomic E-state index is 0.659. The Morgan fingerprint density at radius 1 is 0.205 bits per heavy atom. The van der Waals surface area contributed by atoms with Gasteiger partial charge in [-0.15, -0.1) is 0 Å². The Kier molecular flexibility index (Phi) is 8.90. The van der Waals surface area contributed by atoms with Gasteiger partial charge in [-0.05, 0) is 164 Å². The van der Waals surface area contributed by atoms with E-state index in [1.165, 1.54) is 44.5 Å². The lowest BCUT2D eigenvalue weighted by Gasteiger charge is -2.32. The van der Waals surface area contributed by atoms with Gasteiger partial charge in [-0.1, -0.05) is 133 Å². The highest BCUT2D eigenvalue weighted by Gasteiger charge is 2.52. The van der Waals surface area contributed by atoms with Crippen molar-refractivity contribution in [2.45, 2.75) is 5.41 Å². The number of nitrogens with zero attached hydrogens (tertiary/aromatic N) is 2. The molecule has 1 spiro atoms. The maximum Gasteiger partial charge on any atom is 0.137 e. The minimum Gasteiger partial charge on any atom is -0.456 e.